The lowest BCUT2D eigenvalue weighted by Crippen LogP contribution is -2.32. The van der Waals surface area contributed by atoms with Crippen LogP contribution in [0.3, 0.4) is 0 Å². The fraction of sp³-hybridized carbons (Fsp3) is 0.750. The Hall–Kier alpha value is -1.50. The Labute approximate surface area is 172 Å². The lowest BCUT2D eigenvalue weighted by molar-refractivity contribution is -0.150. The number of amides is 1. The summed E-state index contributed by atoms with van der Waals surface area (Å²) in [6.45, 7) is -0.458. The molecule has 3 N–H and O–H groups in total. The second-order valence-electron chi connectivity index (χ2n) is 7.82. The number of rotatable bonds is 9. The second-order valence-corrected chi connectivity index (χ2v) is 9.97. The molecule has 2 rings (SSSR count). The maximum Gasteiger partial charge on any atom is 0.407 e. The van der Waals surface area contributed by atoms with Gasteiger partial charge in [-0.05, 0) is 44.1 Å². The fourth-order valence-corrected chi connectivity index (χ4v) is 5.31. The zero-order chi connectivity index (χ0) is 21.1. The molecule has 0 unspecified atom stereocenters. The van der Waals surface area contributed by atoms with E-state index in [0.29, 0.717) is 0 Å². The summed E-state index contributed by atoms with van der Waals surface area (Å²) in [6, 6.07) is 0. The molecule has 0 aliphatic heterocycles. The monoisotopic (exact) mass is 430 g/mol. The van der Waals surface area contributed by atoms with Crippen LogP contribution in [-0.2, 0) is 19.1 Å². The number of carbonyl (C=O) groups is 3. The van der Waals surface area contributed by atoms with E-state index in [9.17, 15) is 24.2 Å². The quantitative estimate of drug-likeness (QED) is 0.292. The number of alkyl carbamates (subject to hydrolysis) is 1. The van der Waals surface area contributed by atoms with Crippen LogP contribution in [0.5, 0.6) is 0 Å². The van der Waals surface area contributed by atoms with E-state index < -0.39 is 25.8 Å². The van der Waals surface area contributed by atoms with E-state index in [1.54, 1.807) is 0 Å². The van der Waals surface area contributed by atoms with Crippen LogP contribution in [-0.4, -0.2) is 53.6 Å². The summed E-state index contributed by atoms with van der Waals surface area (Å²) in [7, 11) is -3.44. The Morgan fingerprint density at radius 1 is 0.966 bits per heavy atom. The minimum absolute atomic E-state index is 0.0216. The summed E-state index contributed by atoms with van der Waals surface area (Å²) in [5.41, 5.74) is 0.998. The van der Waals surface area contributed by atoms with E-state index in [1.165, 1.54) is 5.82 Å². The number of ether oxygens (including phenoxy) is 2. The van der Waals surface area contributed by atoms with Crippen molar-refractivity contribution >= 4 is 25.6 Å². The van der Waals surface area contributed by atoms with E-state index in [1.807, 2.05) is 0 Å². The number of ketones is 1. The first-order chi connectivity index (χ1) is 13.9. The highest BCUT2D eigenvalue weighted by molar-refractivity contribution is 7.68. The van der Waals surface area contributed by atoms with Gasteiger partial charge in [0.15, 0.2) is 11.9 Å². The predicted molar refractivity (Wildman–Crippen MR) is 109 cm³/mol. The molecule has 0 spiro atoms. The molecule has 0 heterocycles. The largest absolute Gasteiger partial charge is 0.462 e. The normalized spacial score (nSPS) is 18.1. The van der Waals surface area contributed by atoms with Crippen LogP contribution in [0.15, 0.2) is 11.4 Å². The van der Waals surface area contributed by atoms with Gasteiger partial charge in [-0.15, -0.1) is 0 Å². The third kappa shape index (κ3) is 9.70. The summed E-state index contributed by atoms with van der Waals surface area (Å²) in [5, 5.41) is 2.28. The maximum absolute atomic E-state index is 11.9. The van der Waals surface area contributed by atoms with Crippen LogP contribution >= 0.6 is 7.72 Å². The molecule has 0 aromatic carbocycles. The third-order valence-electron chi connectivity index (χ3n) is 5.22. The minimum Gasteiger partial charge on any atom is -0.462 e. The van der Waals surface area contributed by atoms with Crippen molar-refractivity contribution in [2.75, 3.05) is 25.9 Å². The molecule has 1 amide bonds. The van der Waals surface area contributed by atoms with E-state index in [0.717, 1.165) is 69.8 Å². The highest BCUT2D eigenvalue weighted by atomic mass is 31.2. The Morgan fingerprint density at radius 2 is 1.59 bits per heavy atom. The number of allylic oxidation sites excluding steroid dienone is 1. The Balaban J connectivity index is 1.58. The summed E-state index contributed by atoms with van der Waals surface area (Å²) in [6.07, 6.45) is 8.60. The van der Waals surface area contributed by atoms with Gasteiger partial charge in [0.05, 0.1) is 12.5 Å². The summed E-state index contributed by atoms with van der Waals surface area (Å²) >= 11 is 0. The molecule has 0 aromatic heterocycles. The van der Waals surface area contributed by atoms with Crippen molar-refractivity contribution in [1.82, 2.24) is 5.32 Å². The van der Waals surface area contributed by atoms with Gasteiger partial charge in [0, 0.05) is 0 Å². The van der Waals surface area contributed by atoms with E-state index in [4.69, 9.17) is 9.47 Å². The highest BCUT2D eigenvalue weighted by Crippen LogP contribution is 2.53. The number of hydrogen-bond acceptors (Lipinski definition) is 7. The first-order valence-corrected chi connectivity index (χ1v) is 12.4. The zero-order valence-electron chi connectivity index (χ0n) is 16.9. The molecule has 0 aromatic rings. The lowest BCUT2D eigenvalue weighted by atomic mass is 9.89. The summed E-state index contributed by atoms with van der Waals surface area (Å²) in [4.78, 5) is 55.6. The van der Waals surface area contributed by atoms with Gasteiger partial charge in [0.2, 0.25) is 0 Å². The number of carbonyl (C=O) groups excluding carboxylic acids is 3. The van der Waals surface area contributed by atoms with Gasteiger partial charge in [-0.1, -0.05) is 25.7 Å². The highest BCUT2D eigenvalue weighted by Gasteiger charge is 2.35. The molecule has 2 aliphatic carbocycles. The Kier molecular flexibility index (Phi) is 10.0. The molecule has 2 fully saturated rings. The minimum atomic E-state index is -3.44. The smallest absolute Gasteiger partial charge is 0.407 e. The van der Waals surface area contributed by atoms with Crippen molar-refractivity contribution in [3.8, 4) is 0 Å². The molecule has 2 aliphatic rings. The number of nitrogens with one attached hydrogen (secondary N) is 1. The predicted octanol–water partition coefficient (Wildman–Crippen LogP) is 3.09. The molecule has 0 saturated heterocycles. The second kappa shape index (κ2) is 12.3. The number of hydrogen-bond donors (Lipinski definition) is 3. The van der Waals surface area contributed by atoms with Gasteiger partial charge in [-0.2, -0.15) is 0 Å². The maximum atomic E-state index is 11.9. The number of Topliss-reactive ketones (excluding diaryl/α,β-unsaturated/α-hetero) is 1. The standard InChI is InChI=1S/C20H32NO7P/c22-18(15-29(25,26)14-16-7-3-1-4-8-16)13-21-20(24)28-12-11-27-19(23)17-9-5-2-6-10-17/h14,17,25-26H,1-13,15H2/p+1. The van der Waals surface area contributed by atoms with Crippen molar-refractivity contribution in [2.24, 2.45) is 5.92 Å². The Bertz CT molecular complexity index is 592. The van der Waals surface area contributed by atoms with Gasteiger partial charge in [-0.25, -0.2) is 14.6 Å². The molecular weight excluding hydrogens is 397 g/mol. The van der Waals surface area contributed by atoms with Crippen molar-refractivity contribution in [1.29, 1.82) is 0 Å². The Morgan fingerprint density at radius 3 is 2.28 bits per heavy atom. The fourth-order valence-electron chi connectivity index (χ4n) is 3.74. The molecule has 0 atom stereocenters. The van der Waals surface area contributed by atoms with Crippen LogP contribution in [0.4, 0.5) is 4.79 Å². The summed E-state index contributed by atoms with van der Waals surface area (Å²) in [5.74, 6) is 0.682. The first-order valence-electron chi connectivity index (χ1n) is 10.5. The average Bonchev–Trinajstić information content (AvgIpc) is 2.70. The first kappa shape index (κ1) is 23.8. The number of esters is 1. The van der Waals surface area contributed by atoms with Gasteiger partial charge in [0.25, 0.3) is 7.72 Å². The molecule has 0 radical (unpaired) electrons. The molecule has 164 valence electrons. The molecule has 29 heavy (non-hydrogen) atoms. The van der Waals surface area contributed by atoms with Gasteiger partial charge < -0.3 is 14.8 Å². The molecule has 2 saturated carbocycles. The van der Waals surface area contributed by atoms with E-state index >= 15 is 0 Å². The summed E-state index contributed by atoms with van der Waals surface area (Å²) < 4.78 is 9.99. The molecule has 0 bridgehead atoms. The van der Waals surface area contributed by atoms with E-state index in [-0.39, 0.29) is 31.6 Å². The van der Waals surface area contributed by atoms with Gasteiger partial charge in [-0.3, -0.25) is 9.59 Å². The van der Waals surface area contributed by atoms with Crippen LogP contribution in [0.25, 0.3) is 0 Å². The van der Waals surface area contributed by atoms with E-state index in [2.05, 4.69) is 5.32 Å². The lowest BCUT2D eigenvalue weighted by Gasteiger charge is -2.19. The zero-order valence-corrected chi connectivity index (χ0v) is 17.8. The average molecular weight is 430 g/mol. The van der Waals surface area contributed by atoms with Crippen LogP contribution in [0.1, 0.15) is 64.2 Å². The van der Waals surface area contributed by atoms with Crippen molar-refractivity contribution in [3.05, 3.63) is 11.4 Å². The van der Waals surface area contributed by atoms with Crippen LogP contribution < -0.4 is 5.32 Å². The molecule has 9 heteroatoms. The van der Waals surface area contributed by atoms with Crippen LogP contribution in [0, 0.1) is 5.92 Å². The molecule has 8 nitrogen and oxygen atoms in total. The van der Waals surface area contributed by atoms with Crippen molar-refractivity contribution < 1.29 is 33.6 Å². The molecular formula is C20H33NO7P+. The van der Waals surface area contributed by atoms with Crippen molar-refractivity contribution in [3.63, 3.8) is 0 Å². The topological polar surface area (TPSA) is 122 Å². The SMILES string of the molecule is O=C(CNC(=O)OCCOC(=O)C1CCCCC1)C[P+](O)(O)C=C1CCCCC1. The third-order valence-corrected chi connectivity index (χ3v) is 6.82. The van der Waals surface area contributed by atoms with Gasteiger partial charge >= 0.3 is 12.1 Å². The van der Waals surface area contributed by atoms with Crippen molar-refractivity contribution in [2.45, 2.75) is 64.2 Å². The van der Waals surface area contributed by atoms with Gasteiger partial charge in [0.1, 0.15) is 19.0 Å². The van der Waals surface area contributed by atoms with Crippen LogP contribution in [0.2, 0.25) is 0 Å².